The summed E-state index contributed by atoms with van der Waals surface area (Å²) in [5.74, 6) is 0.750. The second-order valence-electron chi connectivity index (χ2n) is 6.66. The molecule has 0 fully saturated rings. The second-order valence-corrected chi connectivity index (χ2v) is 7.55. The van der Waals surface area contributed by atoms with Crippen LogP contribution in [-0.4, -0.2) is 24.5 Å². The first-order valence-electron chi connectivity index (χ1n) is 9.64. The molecule has 0 aliphatic carbocycles. The van der Waals surface area contributed by atoms with Crippen molar-refractivity contribution in [3.05, 3.63) is 65.7 Å². The highest BCUT2D eigenvalue weighted by Crippen LogP contribution is 2.24. The van der Waals surface area contributed by atoms with Crippen LogP contribution in [0.2, 0.25) is 0 Å². The Morgan fingerprint density at radius 2 is 2.07 bits per heavy atom. The van der Waals surface area contributed by atoms with Crippen molar-refractivity contribution in [1.82, 2.24) is 4.98 Å². The monoisotopic (exact) mass is 394 g/mol. The van der Waals surface area contributed by atoms with Crippen molar-refractivity contribution in [1.29, 1.82) is 0 Å². The third-order valence-electron chi connectivity index (χ3n) is 4.61. The number of nitrogens with zero attached hydrogens (tertiary/aromatic N) is 2. The van der Waals surface area contributed by atoms with Crippen LogP contribution in [-0.2, 0) is 0 Å². The van der Waals surface area contributed by atoms with Crippen LogP contribution in [0.3, 0.4) is 0 Å². The number of rotatable bonds is 9. The number of fused-ring (bicyclic) bond motifs is 1. The average Bonchev–Trinajstić information content (AvgIpc) is 3.20. The zero-order valence-electron chi connectivity index (χ0n) is 16.4. The van der Waals surface area contributed by atoms with E-state index in [4.69, 9.17) is 4.74 Å². The van der Waals surface area contributed by atoms with Gasteiger partial charge in [0.05, 0.1) is 22.3 Å². The van der Waals surface area contributed by atoms with Gasteiger partial charge >= 0.3 is 0 Å². The van der Waals surface area contributed by atoms with Crippen molar-refractivity contribution in [2.24, 2.45) is 0 Å². The highest BCUT2D eigenvalue weighted by Gasteiger charge is 2.15. The van der Waals surface area contributed by atoms with Gasteiger partial charge in [-0.15, -0.1) is 11.3 Å². The van der Waals surface area contributed by atoms with Crippen molar-refractivity contribution < 1.29 is 9.53 Å². The number of unbranched alkanes of at least 4 members (excludes halogenated alkanes) is 3. The number of hydrogen-bond acceptors (Lipinski definition) is 4. The third kappa shape index (κ3) is 5.20. The van der Waals surface area contributed by atoms with E-state index in [1.165, 1.54) is 6.42 Å². The number of carbonyl (C=O) groups is 1. The summed E-state index contributed by atoms with van der Waals surface area (Å²) in [6.07, 6.45) is 8.80. The number of anilines is 1. The van der Waals surface area contributed by atoms with Gasteiger partial charge < -0.3 is 9.64 Å². The molecule has 0 unspecified atom stereocenters. The fourth-order valence-electron chi connectivity index (χ4n) is 2.98. The SMILES string of the molecule is CC=CCCCCCOc1cccc(N(C)C(=O)c2ccc3ncsc3c2)c1. The summed E-state index contributed by atoms with van der Waals surface area (Å²) in [5.41, 5.74) is 4.20. The van der Waals surface area contributed by atoms with Crippen molar-refractivity contribution >= 4 is 33.1 Å². The quantitative estimate of drug-likeness (QED) is 0.326. The number of thiazole rings is 1. The molecule has 5 heteroatoms. The number of ether oxygens (including phenoxy) is 1. The van der Waals surface area contributed by atoms with E-state index in [1.54, 1.807) is 28.8 Å². The van der Waals surface area contributed by atoms with Gasteiger partial charge in [-0.2, -0.15) is 0 Å². The van der Waals surface area contributed by atoms with Crippen LogP contribution >= 0.6 is 11.3 Å². The molecule has 0 spiro atoms. The highest BCUT2D eigenvalue weighted by atomic mass is 32.1. The molecular formula is C23H26N2O2S. The molecule has 0 N–H and O–H groups in total. The molecule has 0 atom stereocenters. The first kappa shape index (κ1) is 20.1. The van der Waals surface area contributed by atoms with Gasteiger partial charge in [0.1, 0.15) is 5.75 Å². The molecule has 1 amide bonds. The topological polar surface area (TPSA) is 42.4 Å². The maximum atomic E-state index is 12.9. The number of carbonyl (C=O) groups excluding carboxylic acids is 1. The lowest BCUT2D eigenvalue weighted by Gasteiger charge is -2.18. The van der Waals surface area contributed by atoms with E-state index in [9.17, 15) is 4.79 Å². The number of amides is 1. The first-order valence-corrected chi connectivity index (χ1v) is 10.5. The highest BCUT2D eigenvalue weighted by molar-refractivity contribution is 7.16. The van der Waals surface area contributed by atoms with Crippen LogP contribution in [0.1, 0.15) is 43.0 Å². The fraction of sp³-hybridized carbons (Fsp3) is 0.304. The molecule has 28 heavy (non-hydrogen) atoms. The smallest absolute Gasteiger partial charge is 0.258 e. The predicted molar refractivity (Wildman–Crippen MR) is 118 cm³/mol. The van der Waals surface area contributed by atoms with Crippen LogP contribution in [0.4, 0.5) is 5.69 Å². The van der Waals surface area contributed by atoms with Crippen LogP contribution in [0.5, 0.6) is 5.75 Å². The minimum atomic E-state index is -0.0450. The molecule has 4 nitrogen and oxygen atoms in total. The van der Waals surface area contributed by atoms with E-state index in [1.807, 2.05) is 42.5 Å². The van der Waals surface area contributed by atoms with Crippen molar-refractivity contribution in [3.8, 4) is 5.75 Å². The molecule has 0 aliphatic heterocycles. The van der Waals surface area contributed by atoms with Gasteiger partial charge in [-0.1, -0.05) is 18.2 Å². The molecule has 0 aliphatic rings. The Kier molecular flexibility index (Phi) is 7.20. The fourth-order valence-corrected chi connectivity index (χ4v) is 3.69. The van der Waals surface area contributed by atoms with Crippen molar-refractivity contribution in [2.45, 2.75) is 32.6 Å². The Morgan fingerprint density at radius 1 is 1.18 bits per heavy atom. The molecule has 0 saturated carbocycles. The van der Waals surface area contributed by atoms with E-state index in [0.29, 0.717) is 12.2 Å². The number of benzene rings is 2. The van der Waals surface area contributed by atoms with Gasteiger partial charge in [-0.3, -0.25) is 4.79 Å². The summed E-state index contributed by atoms with van der Waals surface area (Å²) < 4.78 is 6.89. The molecule has 146 valence electrons. The molecule has 3 rings (SSSR count). The number of allylic oxidation sites excluding steroid dienone is 2. The van der Waals surface area contributed by atoms with Gasteiger partial charge in [0.25, 0.3) is 5.91 Å². The molecule has 0 saturated heterocycles. The summed E-state index contributed by atoms with van der Waals surface area (Å²) in [6.45, 7) is 2.74. The summed E-state index contributed by atoms with van der Waals surface area (Å²) in [4.78, 5) is 18.8. The molecule has 0 bridgehead atoms. The Bertz CT molecular complexity index is 948. The number of hydrogen-bond donors (Lipinski definition) is 0. The van der Waals surface area contributed by atoms with Crippen LogP contribution in [0.25, 0.3) is 10.2 Å². The summed E-state index contributed by atoms with van der Waals surface area (Å²) in [6, 6.07) is 13.3. The summed E-state index contributed by atoms with van der Waals surface area (Å²) >= 11 is 1.54. The van der Waals surface area contributed by atoms with Crippen LogP contribution < -0.4 is 9.64 Å². The second kappa shape index (κ2) is 10.0. The van der Waals surface area contributed by atoms with E-state index >= 15 is 0 Å². The largest absolute Gasteiger partial charge is 0.494 e. The molecule has 2 aromatic carbocycles. The first-order chi connectivity index (χ1) is 13.7. The van der Waals surface area contributed by atoms with E-state index in [0.717, 1.165) is 40.9 Å². The maximum Gasteiger partial charge on any atom is 0.258 e. The molecule has 1 aromatic heterocycles. The Balaban J connectivity index is 1.58. The standard InChI is InChI=1S/C23H26N2O2S/c1-3-4-5-6-7-8-14-27-20-11-9-10-19(16-20)25(2)23(26)18-12-13-21-22(15-18)28-17-24-21/h3-4,9-13,15-17H,5-8,14H2,1-2H3. The lowest BCUT2D eigenvalue weighted by molar-refractivity contribution is 0.0993. The molecular weight excluding hydrogens is 368 g/mol. The molecule has 0 radical (unpaired) electrons. The molecule has 3 aromatic rings. The predicted octanol–water partition coefficient (Wildman–Crippen LogP) is 6.09. The summed E-state index contributed by atoms with van der Waals surface area (Å²) in [5, 5.41) is 0. The van der Waals surface area contributed by atoms with E-state index in [2.05, 4.69) is 24.1 Å². The lowest BCUT2D eigenvalue weighted by atomic mass is 10.1. The van der Waals surface area contributed by atoms with Gasteiger partial charge in [0, 0.05) is 24.4 Å². The van der Waals surface area contributed by atoms with Gasteiger partial charge in [-0.05, 0) is 62.9 Å². The zero-order chi connectivity index (χ0) is 19.8. The minimum absolute atomic E-state index is 0.0450. The van der Waals surface area contributed by atoms with Crippen molar-refractivity contribution in [2.75, 3.05) is 18.6 Å². The molecule has 1 heterocycles. The van der Waals surface area contributed by atoms with Gasteiger partial charge in [0.2, 0.25) is 0 Å². The minimum Gasteiger partial charge on any atom is -0.494 e. The Labute approximate surface area is 170 Å². The Morgan fingerprint density at radius 3 is 2.93 bits per heavy atom. The normalized spacial score (nSPS) is 11.2. The Hall–Kier alpha value is -2.66. The van der Waals surface area contributed by atoms with Crippen LogP contribution in [0.15, 0.2) is 60.1 Å². The lowest BCUT2D eigenvalue weighted by Crippen LogP contribution is -2.26. The zero-order valence-corrected chi connectivity index (χ0v) is 17.2. The van der Waals surface area contributed by atoms with E-state index in [-0.39, 0.29) is 5.91 Å². The van der Waals surface area contributed by atoms with Crippen LogP contribution in [0, 0.1) is 0 Å². The van der Waals surface area contributed by atoms with Gasteiger partial charge in [-0.25, -0.2) is 4.98 Å². The van der Waals surface area contributed by atoms with Gasteiger partial charge in [0.15, 0.2) is 0 Å². The maximum absolute atomic E-state index is 12.9. The summed E-state index contributed by atoms with van der Waals surface area (Å²) in [7, 11) is 1.79. The number of aromatic nitrogens is 1. The van der Waals surface area contributed by atoms with E-state index < -0.39 is 0 Å². The van der Waals surface area contributed by atoms with Crippen molar-refractivity contribution in [3.63, 3.8) is 0 Å². The average molecular weight is 395 g/mol. The third-order valence-corrected chi connectivity index (χ3v) is 5.40.